The molecule has 0 fully saturated rings. The van der Waals surface area contributed by atoms with Crippen LogP contribution in [0.1, 0.15) is 11.1 Å². The van der Waals surface area contributed by atoms with Gasteiger partial charge in [-0.25, -0.2) is 4.98 Å². The van der Waals surface area contributed by atoms with Crippen LogP contribution in [0, 0.1) is 0 Å². The van der Waals surface area contributed by atoms with Gasteiger partial charge in [-0.2, -0.15) is 0 Å². The number of amidine groups is 1. The predicted molar refractivity (Wildman–Crippen MR) is 102 cm³/mol. The molecule has 0 radical (unpaired) electrons. The highest BCUT2D eigenvalue weighted by molar-refractivity contribution is 5.97. The molecule has 0 bridgehead atoms. The summed E-state index contributed by atoms with van der Waals surface area (Å²) < 4.78 is 5.84. The minimum atomic E-state index is 0.374. The van der Waals surface area contributed by atoms with E-state index in [-0.39, 0.29) is 0 Å². The number of pyridine rings is 1. The number of ether oxygens (including phenoxy) is 1. The Labute approximate surface area is 147 Å². The fourth-order valence-electron chi connectivity index (χ4n) is 2.43. The second-order valence-electron chi connectivity index (χ2n) is 5.57. The second kappa shape index (κ2) is 7.49. The van der Waals surface area contributed by atoms with Crippen LogP contribution in [0.5, 0.6) is 5.75 Å². The third-order valence-corrected chi connectivity index (χ3v) is 3.87. The van der Waals surface area contributed by atoms with E-state index in [0.29, 0.717) is 24.0 Å². The first-order valence-corrected chi connectivity index (χ1v) is 7.92. The zero-order valence-corrected chi connectivity index (χ0v) is 14.0. The zero-order valence-electron chi connectivity index (χ0n) is 14.0. The lowest BCUT2D eigenvalue weighted by Crippen LogP contribution is -2.12. The fourth-order valence-corrected chi connectivity index (χ4v) is 2.43. The van der Waals surface area contributed by atoms with Gasteiger partial charge in [0.05, 0.1) is 0 Å². The molecule has 0 unspecified atom stereocenters. The molecule has 2 aromatic carbocycles. The van der Waals surface area contributed by atoms with Crippen LogP contribution < -0.4 is 16.2 Å². The van der Waals surface area contributed by atoms with Gasteiger partial charge in [0, 0.05) is 24.4 Å². The number of aromatic nitrogens is 1. The molecule has 1 heterocycles. The molecule has 0 atom stereocenters. The molecule has 0 spiro atoms. The average Bonchev–Trinajstić information content (AvgIpc) is 2.67. The van der Waals surface area contributed by atoms with Crippen LogP contribution in [0.2, 0.25) is 0 Å². The Hall–Kier alpha value is -3.34. The SMILES string of the molecule is CN=C(N)c1ccc(-c2cnc(N)c(OCc3ccccc3)c2)cc1. The van der Waals surface area contributed by atoms with E-state index in [2.05, 4.69) is 9.98 Å². The molecule has 5 nitrogen and oxygen atoms in total. The molecule has 0 amide bonds. The van der Waals surface area contributed by atoms with Gasteiger partial charge in [0.2, 0.25) is 0 Å². The third-order valence-electron chi connectivity index (χ3n) is 3.87. The lowest BCUT2D eigenvalue weighted by atomic mass is 10.0. The Bertz CT molecular complexity index is 874. The van der Waals surface area contributed by atoms with E-state index in [1.165, 1.54) is 0 Å². The summed E-state index contributed by atoms with van der Waals surface area (Å²) in [5.41, 5.74) is 15.7. The molecule has 0 aliphatic rings. The minimum Gasteiger partial charge on any atom is -0.485 e. The Morgan fingerprint density at radius 3 is 2.44 bits per heavy atom. The lowest BCUT2D eigenvalue weighted by molar-refractivity contribution is 0.307. The van der Waals surface area contributed by atoms with Crippen molar-refractivity contribution in [3.8, 4) is 16.9 Å². The first kappa shape index (κ1) is 16.5. The topological polar surface area (TPSA) is 86.5 Å². The van der Waals surface area contributed by atoms with Gasteiger partial charge < -0.3 is 16.2 Å². The van der Waals surface area contributed by atoms with E-state index in [0.717, 1.165) is 22.3 Å². The van der Waals surface area contributed by atoms with E-state index < -0.39 is 0 Å². The number of hydrogen-bond acceptors (Lipinski definition) is 4. The van der Waals surface area contributed by atoms with Crippen LogP contribution in [0.4, 0.5) is 5.82 Å². The van der Waals surface area contributed by atoms with Crippen molar-refractivity contribution in [2.75, 3.05) is 12.8 Å². The summed E-state index contributed by atoms with van der Waals surface area (Å²) in [7, 11) is 1.67. The molecule has 0 saturated carbocycles. The number of benzene rings is 2. The van der Waals surface area contributed by atoms with E-state index in [1.807, 2.05) is 60.7 Å². The van der Waals surface area contributed by atoms with Crippen molar-refractivity contribution in [3.63, 3.8) is 0 Å². The molecule has 3 aromatic rings. The molecular formula is C20H20N4O. The number of nitrogen functional groups attached to an aromatic ring is 1. The molecule has 4 N–H and O–H groups in total. The van der Waals surface area contributed by atoms with Gasteiger partial charge in [-0.1, -0.05) is 54.6 Å². The van der Waals surface area contributed by atoms with Gasteiger partial charge in [0.15, 0.2) is 11.6 Å². The minimum absolute atomic E-state index is 0.374. The summed E-state index contributed by atoms with van der Waals surface area (Å²) in [6.07, 6.45) is 1.73. The first-order chi connectivity index (χ1) is 12.2. The highest BCUT2D eigenvalue weighted by Gasteiger charge is 2.07. The van der Waals surface area contributed by atoms with Crippen LogP contribution in [-0.4, -0.2) is 17.9 Å². The maximum atomic E-state index is 5.95. The highest BCUT2D eigenvalue weighted by atomic mass is 16.5. The van der Waals surface area contributed by atoms with Gasteiger partial charge in [0.25, 0.3) is 0 Å². The third kappa shape index (κ3) is 3.95. The predicted octanol–water partition coefficient (Wildman–Crippen LogP) is 3.24. The van der Waals surface area contributed by atoms with E-state index in [4.69, 9.17) is 16.2 Å². The van der Waals surface area contributed by atoms with Gasteiger partial charge in [0.1, 0.15) is 12.4 Å². The van der Waals surface area contributed by atoms with Crippen molar-refractivity contribution >= 4 is 11.7 Å². The average molecular weight is 332 g/mol. The summed E-state index contributed by atoms with van der Waals surface area (Å²) in [6, 6.07) is 19.6. The fraction of sp³-hybridized carbons (Fsp3) is 0.100. The van der Waals surface area contributed by atoms with Crippen molar-refractivity contribution in [2.24, 2.45) is 10.7 Å². The molecule has 25 heavy (non-hydrogen) atoms. The molecule has 3 rings (SSSR count). The summed E-state index contributed by atoms with van der Waals surface area (Å²) in [5.74, 6) is 1.45. The smallest absolute Gasteiger partial charge is 0.166 e. The zero-order chi connectivity index (χ0) is 17.6. The van der Waals surface area contributed by atoms with Gasteiger partial charge in [-0.05, 0) is 17.2 Å². The molecule has 0 aliphatic heterocycles. The van der Waals surface area contributed by atoms with Crippen molar-refractivity contribution in [2.45, 2.75) is 6.61 Å². The number of aliphatic imine (C=N–C) groups is 1. The van der Waals surface area contributed by atoms with Crippen molar-refractivity contribution in [1.29, 1.82) is 0 Å². The normalized spacial score (nSPS) is 11.3. The van der Waals surface area contributed by atoms with Crippen LogP contribution in [-0.2, 0) is 6.61 Å². The second-order valence-corrected chi connectivity index (χ2v) is 5.57. The summed E-state index contributed by atoms with van der Waals surface area (Å²) >= 11 is 0. The molecule has 126 valence electrons. The van der Waals surface area contributed by atoms with Gasteiger partial charge in [-0.15, -0.1) is 0 Å². The summed E-state index contributed by atoms with van der Waals surface area (Å²) in [6.45, 7) is 0.443. The number of nitrogens with zero attached hydrogens (tertiary/aromatic N) is 2. The van der Waals surface area contributed by atoms with Crippen molar-refractivity contribution in [1.82, 2.24) is 4.98 Å². The molecule has 0 aliphatic carbocycles. The van der Waals surface area contributed by atoms with Gasteiger partial charge in [-0.3, -0.25) is 4.99 Å². The Morgan fingerprint density at radius 2 is 1.76 bits per heavy atom. The molecule has 5 heteroatoms. The Balaban J connectivity index is 1.81. The molecule has 0 saturated heterocycles. The Morgan fingerprint density at radius 1 is 1.04 bits per heavy atom. The number of nitrogens with two attached hydrogens (primary N) is 2. The number of hydrogen-bond donors (Lipinski definition) is 2. The quantitative estimate of drug-likeness (QED) is 0.555. The molecular weight excluding hydrogens is 312 g/mol. The monoisotopic (exact) mass is 332 g/mol. The number of anilines is 1. The summed E-state index contributed by atoms with van der Waals surface area (Å²) in [5, 5.41) is 0. The van der Waals surface area contributed by atoms with E-state index in [1.54, 1.807) is 13.2 Å². The maximum Gasteiger partial charge on any atom is 0.166 e. The maximum absolute atomic E-state index is 5.95. The van der Waals surface area contributed by atoms with Gasteiger partial charge >= 0.3 is 0 Å². The highest BCUT2D eigenvalue weighted by Crippen LogP contribution is 2.27. The van der Waals surface area contributed by atoms with Crippen LogP contribution in [0.3, 0.4) is 0 Å². The molecule has 1 aromatic heterocycles. The van der Waals surface area contributed by atoms with Crippen molar-refractivity contribution in [3.05, 3.63) is 78.0 Å². The standard InChI is InChI=1S/C20H20N4O/c1-23-19(21)16-9-7-15(8-10-16)17-11-18(20(22)24-12-17)25-13-14-5-3-2-4-6-14/h2-12H,13H2,1H3,(H2,21,23)(H2,22,24). The van der Waals surface area contributed by atoms with Crippen LogP contribution >= 0.6 is 0 Å². The van der Waals surface area contributed by atoms with Crippen LogP contribution in [0.15, 0.2) is 71.9 Å². The first-order valence-electron chi connectivity index (χ1n) is 7.92. The Kier molecular flexibility index (Phi) is 4.95. The largest absolute Gasteiger partial charge is 0.485 e. The van der Waals surface area contributed by atoms with E-state index in [9.17, 15) is 0 Å². The summed E-state index contributed by atoms with van der Waals surface area (Å²) in [4.78, 5) is 8.23. The van der Waals surface area contributed by atoms with E-state index >= 15 is 0 Å². The number of rotatable bonds is 5. The van der Waals surface area contributed by atoms with Crippen molar-refractivity contribution < 1.29 is 4.74 Å². The van der Waals surface area contributed by atoms with Crippen LogP contribution in [0.25, 0.3) is 11.1 Å². The lowest BCUT2D eigenvalue weighted by Gasteiger charge is -2.11.